The lowest BCUT2D eigenvalue weighted by atomic mass is 9.94. The van der Waals surface area contributed by atoms with Crippen molar-refractivity contribution in [2.45, 2.75) is 38.1 Å². The average Bonchev–Trinajstić information content (AvgIpc) is 2.30. The highest BCUT2D eigenvalue weighted by Crippen LogP contribution is 2.23. The summed E-state index contributed by atoms with van der Waals surface area (Å²) in [5.41, 5.74) is 0. The second-order valence-electron chi connectivity index (χ2n) is 5.00. The molecular weight excluding hydrogens is 275 g/mol. The van der Waals surface area contributed by atoms with Crippen LogP contribution in [0.1, 0.15) is 32.1 Å². The van der Waals surface area contributed by atoms with E-state index in [4.69, 9.17) is 5.11 Å². The van der Waals surface area contributed by atoms with Crippen molar-refractivity contribution in [1.82, 2.24) is 9.80 Å². The number of carboxylic acids is 1. The third-order valence-electron chi connectivity index (χ3n) is 3.86. The monoisotopic (exact) mass is 298 g/mol. The Hall–Kier alpha value is -0.0300. The molecule has 1 aliphatic carbocycles. The van der Waals surface area contributed by atoms with Gasteiger partial charge in [-0.15, -0.1) is 24.8 Å². The number of carbonyl (C=O) groups is 1. The molecule has 18 heavy (non-hydrogen) atoms. The Labute approximate surface area is 122 Å². The maximum Gasteiger partial charge on any atom is 0.317 e. The molecule has 1 heterocycles. The van der Waals surface area contributed by atoms with Gasteiger partial charge in [0.2, 0.25) is 0 Å². The predicted molar refractivity (Wildman–Crippen MR) is 77.0 cm³/mol. The molecule has 2 rings (SSSR count). The minimum absolute atomic E-state index is 0. The maximum atomic E-state index is 10.6. The molecule has 6 heteroatoms. The van der Waals surface area contributed by atoms with Gasteiger partial charge in [-0.1, -0.05) is 19.3 Å². The predicted octanol–water partition coefficient (Wildman–Crippen LogP) is 1.86. The van der Waals surface area contributed by atoms with Crippen molar-refractivity contribution in [1.29, 1.82) is 0 Å². The lowest BCUT2D eigenvalue weighted by Crippen LogP contribution is -2.51. The second kappa shape index (κ2) is 8.97. The zero-order chi connectivity index (χ0) is 11.4. The number of piperazine rings is 1. The highest BCUT2D eigenvalue weighted by Gasteiger charge is 2.25. The van der Waals surface area contributed by atoms with Crippen LogP contribution in [0.3, 0.4) is 0 Å². The summed E-state index contributed by atoms with van der Waals surface area (Å²) in [6, 6.07) is 0.778. The summed E-state index contributed by atoms with van der Waals surface area (Å²) in [6.45, 7) is 4.15. The van der Waals surface area contributed by atoms with Crippen LogP contribution in [0.2, 0.25) is 0 Å². The maximum absolute atomic E-state index is 10.6. The number of halogens is 2. The summed E-state index contributed by atoms with van der Waals surface area (Å²) in [5.74, 6) is -0.703. The number of rotatable bonds is 3. The van der Waals surface area contributed by atoms with Crippen molar-refractivity contribution in [2.24, 2.45) is 0 Å². The number of hydrogen-bond donors (Lipinski definition) is 1. The van der Waals surface area contributed by atoms with Crippen molar-refractivity contribution in [3.05, 3.63) is 0 Å². The van der Waals surface area contributed by atoms with Crippen molar-refractivity contribution in [3.63, 3.8) is 0 Å². The fourth-order valence-corrected chi connectivity index (χ4v) is 2.92. The van der Waals surface area contributed by atoms with Gasteiger partial charge >= 0.3 is 5.97 Å². The van der Waals surface area contributed by atoms with E-state index in [1.165, 1.54) is 32.1 Å². The Morgan fingerprint density at radius 1 is 1.00 bits per heavy atom. The normalized spacial score (nSPS) is 22.9. The van der Waals surface area contributed by atoms with Gasteiger partial charge in [-0.2, -0.15) is 0 Å². The van der Waals surface area contributed by atoms with Crippen molar-refractivity contribution >= 4 is 30.8 Å². The molecule has 108 valence electrons. The van der Waals surface area contributed by atoms with E-state index < -0.39 is 5.97 Å². The molecule has 1 saturated heterocycles. The molecule has 0 bridgehead atoms. The first-order chi connectivity index (χ1) is 7.75. The minimum Gasteiger partial charge on any atom is -0.480 e. The Kier molecular flexibility index (Phi) is 8.95. The first kappa shape index (κ1) is 18.0. The third-order valence-corrected chi connectivity index (χ3v) is 3.86. The first-order valence-electron chi connectivity index (χ1n) is 6.44. The molecule has 0 atom stereocenters. The van der Waals surface area contributed by atoms with E-state index in [0.717, 1.165) is 32.2 Å². The standard InChI is InChI=1S/C12H22N2O2.2ClH/c15-12(16)10-13-6-8-14(9-7-13)11-4-2-1-3-5-11;;/h11H,1-10H2,(H,15,16);2*1H. The summed E-state index contributed by atoms with van der Waals surface area (Å²) in [7, 11) is 0. The smallest absolute Gasteiger partial charge is 0.317 e. The summed E-state index contributed by atoms with van der Waals surface area (Å²) in [6.07, 6.45) is 6.84. The first-order valence-corrected chi connectivity index (χ1v) is 6.44. The Morgan fingerprint density at radius 3 is 2.06 bits per heavy atom. The number of carboxylic acid groups (broad SMARTS) is 1. The second-order valence-corrected chi connectivity index (χ2v) is 5.00. The van der Waals surface area contributed by atoms with Crippen LogP contribution in [0.25, 0.3) is 0 Å². The van der Waals surface area contributed by atoms with E-state index in [9.17, 15) is 4.79 Å². The summed E-state index contributed by atoms with van der Waals surface area (Å²) in [4.78, 5) is 15.2. The van der Waals surface area contributed by atoms with Gasteiger partial charge in [0.15, 0.2) is 0 Å². The zero-order valence-electron chi connectivity index (χ0n) is 10.7. The fraction of sp³-hybridized carbons (Fsp3) is 0.917. The molecule has 0 spiro atoms. The van der Waals surface area contributed by atoms with E-state index in [1.54, 1.807) is 0 Å². The molecule has 0 amide bonds. The molecule has 0 aromatic rings. The van der Waals surface area contributed by atoms with Crippen LogP contribution < -0.4 is 0 Å². The summed E-state index contributed by atoms with van der Waals surface area (Å²) < 4.78 is 0. The molecule has 2 fully saturated rings. The van der Waals surface area contributed by atoms with Gasteiger partial charge in [-0.25, -0.2) is 0 Å². The summed E-state index contributed by atoms with van der Waals surface area (Å²) >= 11 is 0. The van der Waals surface area contributed by atoms with Crippen molar-refractivity contribution < 1.29 is 9.90 Å². The molecule has 2 aliphatic rings. The molecule has 0 aromatic heterocycles. The van der Waals surface area contributed by atoms with Crippen LogP contribution in [-0.2, 0) is 4.79 Å². The van der Waals surface area contributed by atoms with E-state index >= 15 is 0 Å². The minimum atomic E-state index is -0.703. The molecule has 0 aromatic carbocycles. The number of nitrogens with zero attached hydrogens (tertiary/aromatic N) is 2. The molecule has 0 radical (unpaired) electrons. The van der Waals surface area contributed by atoms with Crippen LogP contribution in [0, 0.1) is 0 Å². The van der Waals surface area contributed by atoms with Crippen LogP contribution in [0.15, 0.2) is 0 Å². The average molecular weight is 299 g/mol. The molecule has 1 saturated carbocycles. The largest absolute Gasteiger partial charge is 0.480 e. The van der Waals surface area contributed by atoms with Crippen LogP contribution in [0.5, 0.6) is 0 Å². The van der Waals surface area contributed by atoms with Gasteiger partial charge in [0, 0.05) is 32.2 Å². The molecule has 1 aliphatic heterocycles. The van der Waals surface area contributed by atoms with Gasteiger partial charge in [0.25, 0.3) is 0 Å². The Morgan fingerprint density at radius 2 is 1.56 bits per heavy atom. The van der Waals surface area contributed by atoms with Crippen LogP contribution >= 0.6 is 24.8 Å². The molecule has 4 nitrogen and oxygen atoms in total. The molecular formula is C12H24Cl2N2O2. The highest BCUT2D eigenvalue weighted by atomic mass is 35.5. The topological polar surface area (TPSA) is 43.8 Å². The van der Waals surface area contributed by atoms with Gasteiger partial charge in [0.1, 0.15) is 0 Å². The lowest BCUT2D eigenvalue weighted by molar-refractivity contribution is -0.138. The zero-order valence-corrected chi connectivity index (χ0v) is 12.3. The van der Waals surface area contributed by atoms with Gasteiger partial charge in [-0.05, 0) is 12.8 Å². The fourth-order valence-electron chi connectivity index (χ4n) is 2.92. The van der Waals surface area contributed by atoms with Gasteiger partial charge in [-0.3, -0.25) is 14.6 Å². The van der Waals surface area contributed by atoms with Crippen LogP contribution in [0.4, 0.5) is 0 Å². The van der Waals surface area contributed by atoms with Crippen molar-refractivity contribution in [3.8, 4) is 0 Å². The molecule has 1 N–H and O–H groups in total. The SMILES string of the molecule is Cl.Cl.O=C(O)CN1CCN(C2CCCCC2)CC1. The van der Waals surface area contributed by atoms with E-state index in [-0.39, 0.29) is 31.4 Å². The van der Waals surface area contributed by atoms with Gasteiger partial charge < -0.3 is 5.11 Å². The third kappa shape index (κ3) is 5.31. The lowest BCUT2D eigenvalue weighted by Gasteiger charge is -2.40. The Bertz CT molecular complexity index is 240. The Balaban J connectivity index is 0.00000144. The van der Waals surface area contributed by atoms with E-state index in [2.05, 4.69) is 4.90 Å². The number of hydrogen-bond acceptors (Lipinski definition) is 3. The van der Waals surface area contributed by atoms with E-state index in [1.807, 2.05) is 4.90 Å². The molecule has 0 unspecified atom stereocenters. The van der Waals surface area contributed by atoms with Crippen LogP contribution in [-0.4, -0.2) is 59.6 Å². The quantitative estimate of drug-likeness (QED) is 0.864. The summed E-state index contributed by atoms with van der Waals surface area (Å²) in [5, 5.41) is 8.73. The highest BCUT2D eigenvalue weighted by molar-refractivity contribution is 5.85. The van der Waals surface area contributed by atoms with Gasteiger partial charge in [0.05, 0.1) is 6.54 Å². The van der Waals surface area contributed by atoms with Crippen molar-refractivity contribution in [2.75, 3.05) is 32.7 Å². The number of aliphatic carboxylic acids is 1. The van der Waals surface area contributed by atoms with E-state index in [0.29, 0.717) is 0 Å².